The van der Waals surface area contributed by atoms with Gasteiger partial charge < -0.3 is 4.74 Å². The number of hydrogen-bond donors (Lipinski definition) is 0. The van der Waals surface area contributed by atoms with Crippen LogP contribution in [0.2, 0.25) is 0 Å². The topological polar surface area (TPSA) is 26.3 Å². The summed E-state index contributed by atoms with van der Waals surface area (Å²) in [7, 11) is 0. The van der Waals surface area contributed by atoms with Gasteiger partial charge in [-0.2, -0.15) is 0 Å². The molecule has 4 aromatic rings. The molecule has 0 N–H and O–H groups in total. The predicted molar refractivity (Wildman–Crippen MR) is 215 cm³/mol. The zero-order chi connectivity index (χ0) is 35.3. The molecule has 0 aliphatic heterocycles. The monoisotopic (exact) mass is 684 g/mol. The quantitative estimate of drug-likeness (QED) is 0.0642. The van der Waals surface area contributed by atoms with Crippen molar-refractivity contribution in [3.8, 4) is 0 Å². The van der Waals surface area contributed by atoms with E-state index in [1.165, 1.54) is 95.7 Å². The molecule has 0 saturated heterocycles. The maximum atomic E-state index is 13.1. The third kappa shape index (κ3) is 6.44. The molecule has 0 heterocycles. The minimum atomic E-state index is 0.0218. The lowest BCUT2D eigenvalue weighted by molar-refractivity contribution is -0.151. The first-order valence-corrected chi connectivity index (χ1v) is 21.2. The van der Waals surface area contributed by atoms with E-state index in [1.54, 1.807) is 5.57 Å². The van der Waals surface area contributed by atoms with Crippen LogP contribution >= 0.6 is 0 Å². The maximum absolute atomic E-state index is 13.1. The average Bonchev–Trinajstić information content (AvgIpc) is 3.48. The molecular formula is C49H64O2. The van der Waals surface area contributed by atoms with E-state index in [2.05, 4.69) is 95.3 Å². The summed E-state index contributed by atoms with van der Waals surface area (Å²) >= 11 is 0. The van der Waals surface area contributed by atoms with Gasteiger partial charge in [-0.3, -0.25) is 4.79 Å². The first-order chi connectivity index (χ1) is 24.7. The standard InChI is InChI=1S/C49H64O2/c1-32(2)11-9-12-33(3)42-25-26-43-41-24-22-38-31-39(27-29-48(38,4)44(41)28-30-49(42,43)5)51-45(50)16-8-6-7-13-34-17-18-37-20-19-35-14-10-15-36-21-23-40(34)47(37)46(35)36/h10,14-15,17-23,32-33,39,41-44H,6-9,11-13,16,24-31H2,1-5H3/t33-,39-,41?,42-,43?,44?,48+,49-/m1/s1. The van der Waals surface area contributed by atoms with Crippen molar-refractivity contribution in [1.29, 1.82) is 0 Å². The van der Waals surface area contributed by atoms with Crippen molar-refractivity contribution >= 4 is 38.3 Å². The molecule has 8 atom stereocenters. The summed E-state index contributed by atoms with van der Waals surface area (Å²) < 4.78 is 6.20. The van der Waals surface area contributed by atoms with Gasteiger partial charge in [0.05, 0.1) is 0 Å². The SMILES string of the molecule is CC(C)CCC[C@@H](C)[C@H]1CCC2C3CC=C4C[C@H](OC(=O)CCCCCc5ccc6ccc7cccc8ccc5c6c78)CC[C@]4(C)C3CC[C@@]21C. The van der Waals surface area contributed by atoms with Crippen molar-refractivity contribution in [2.75, 3.05) is 0 Å². The number of fused-ring (bicyclic) bond motifs is 5. The lowest BCUT2D eigenvalue weighted by Gasteiger charge is -2.58. The van der Waals surface area contributed by atoms with Gasteiger partial charge in [0, 0.05) is 12.8 Å². The van der Waals surface area contributed by atoms with Gasteiger partial charge in [0.15, 0.2) is 0 Å². The summed E-state index contributed by atoms with van der Waals surface area (Å²) in [6.45, 7) is 12.6. The van der Waals surface area contributed by atoms with E-state index in [-0.39, 0.29) is 12.1 Å². The van der Waals surface area contributed by atoms with Crippen LogP contribution in [0.3, 0.4) is 0 Å². The highest BCUT2D eigenvalue weighted by molar-refractivity contribution is 6.23. The lowest BCUT2D eigenvalue weighted by atomic mass is 9.47. The number of benzene rings is 4. The van der Waals surface area contributed by atoms with Crippen molar-refractivity contribution in [3.05, 3.63) is 71.8 Å². The lowest BCUT2D eigenvalue weighted by Crippen LogP contribution is -2.51. The first-order valence-electron chi connectivity index (χ1n) is 21.2. The van der Waals surface area contributed by atoms with Crippen LogP contribution in [0.1, 0.15) is 136 Å². The minimum Gasteiger partial charge on any atom is -0.462 e. The Morgan fingerprint density at radius 1 is 0.784 bits per heavy atom. The molecule has 4 aliphatic rings. The summed E-state index contributed by atoms with van der Waals surface area (Å²) in [6, 6.07) is 20.4. The molecule has 272 valence electrons. The molecule has 0 spiro atoms. The number of allylic oxidation sites excluding steroid dienone is 1. The van der Waals surface area contributed by atoms with Crippen molar-refractivity contribution < 1.29 is 9.53 Å². The van der Waals surface area contributed by atoms with Gasteiger partial charge in [-0.25, -0.2) is 0 Å². The van der Waals surface area contributed by atoms with Crippen LogP contribution in [-0.4, -0.2) is 12.1 Å². The van der Waals surface area contributed by atoms with Crippen molar-refractivity contribution in [1.82, 2.24) is 0 Å². The summed E-state index contributed by atoms with van der Waals surface area (Å²) in [5.41, 5.74) is 3.90. The Morgan fingerprint density at radius 2 is 1.55 bits per heavy atom. The van der Waals surface area contributed by atoms with Gasteiger partial charge in [-0.15, -0.1) is 0 Å². The third-order valence-corrected chi connectivity index (χ3v) is 15.5. The normalized spacial score (nSPS) is 31.1. The second kappa shape index (κ2) is 14.2. The Hall–Kier alpha value is -2.87. The molecule has 51 heavy (non-hydrogen) atoms. The van der Waals surface area contributed by atoms with E-state index in [1.807, 2.05) is 0 Å². The van der Waals surface area contributed by atoms with Gasteiger partial charge in [-0.1, -0.05) is 127 Å². The number of esters is 1. The highest BCUT2D eigenvalue weighted by Crippen LogP contribution is 2.67. The number of carbonyl (C=O) groups excluding carboxylic acids is 1. The van der Waals surface area contributed by atoms with Crippen molar-refractivity contribution in [2.24, 2.45) is 46.3 Å². The van der Waals surface area contributed by atoms with E-state index < -0.39 is 0 Å². The van der Waals surface area contributed by atoms with Crippen LogP contribution in [0.25, 0.3) is 32.3 Å². The first kappa shape index (κ1) is 35.2. The van der Waals surface area contributed by atoms with Crippen LogP contribution in [0.4, 0.5) is 0 Å². The number of hydrogen-bond acceptors (Lipinski definition) is 2. The highest BCUT2D eigenvalue weighted by atomic mass is 16.5. The molecule has 0 amide bonds. The molecule has 4 aromatic carbocycles. The summed E-state index contributed by atoms with van der Waals surface area (Å²) in [5.74, 6) is 5.19. The third-order valence-electron chi connectivity index (χ3n) is 15.5. The van der Waals surface area contributed by atoms with Crippen LogP contribution in [0.5, 0.6) is 0 Å². The van der Waals surface area contributed by atoms with Gasteiger partial charge in [-0.05, 0) is 148 Å². The number of carbonyl (C=O) groups is 1. The zero-order valence-corrected chi connectivity index (χ0v) is 32.4. The maximum Gasteiger partial charge on any atom is 0.306 e. The van der Waals surface area contributed by atoms with Crippen molar-refractivity contribution in [3.63, 3.8) is 0 Å². The average molecular weight is 685 g/mol. The molecule has 2 nitrogen and oxygen atoms in total. The molecule has 8 rings (SSSR count). The minimum absolute atomic E-state index is 0.0218. The number of ether oxygens (including phenoxy) is 1. The van der Waals surface area contributed by atoms with Crippen LogP contribution < -0.4 is 0 Å². The predicted octanol–water partition coefficient (Wildman–Crippen LogP) is 13.6. The molecule has 3 saturated carbocycles. The smallest absolute Gasteiger partial charge is 0.306 e. The molecule has 3 fully saturated rings. The van der Waals surface area contributed by atoms with Gasteiger partial charge >= 0.3 is 5.97 Å². The summed E-state index contributed by atoms with van der Waals surface area (Å²) in [4.78, 5) is 13.1. The Labute approximate surface area is 308 Å². The van der Waals surface area contributed by atoms with Crippen LogP contribution in [0.15, 0.2) is 66.2 Å². The Morgan fingerprint density at radius 3 is 2.35 bits per heavy atom. The van der Waals surface area contributed by atoms with E-state index in [0.29, 0.717) is 17.3 Å². The molecule has 0 radical (unpaired) electrons. The number of aryl methyl sites for hydroxylation is 1. The fourth-order valence-corrected chi connectivity index (χ4v) is 12.8. The summed E-state index contributed by atoms with van der Waals surface area (Å²) in [5, 5.41) is 8.17. The molecule has 0 bridgehead atoms. The fraction of sp³-hybridized carbons (Fsp3) is 0.612. The Kier molecular flexibility index (Phi) is 9.77. The van der Waals surface area contributed by atoms with Gasteiger partial charge in [0.25, 0.3) is 0 Å². The zero-order valence-electron chi connectivity index (χ0n) is 32.4. The number of unbranched alkanes of at least 4 members (excludes halogenated alkanes) is 2. The summed E-state index contributed by atoms with van der Waals surface area (Å²) in [6.07, 6.45) is 21.8. The molecular weight excluding hydrogens is 621 g/mol. The highest BCUT2D eigenvalue weighted by Gasteiger charge is 2.59. The Balaban J connectivity index is 0.822. The number of rotatable bonds is 12. The van der Waals surface area contributed by atoms with E-state index >= 15 is 0 Å². The van der Waals surface area contributed by atoms with E-state index in [4.69, 9.17) is 4.74 Å². The fourth-order valence-electron chi connectivity index (χ4n) is 12.8. The molecule has 2 heteroatoms. The van der Waals surface area contributed by atoms with Gasteiger partial charge in [0.2, 0.25) is 0 Å². The Bertz CT molecular complexity index is 1870. The second-order valence-electron chi connectivity index (χ2n) is 18.8. The van der Waals surface area contributed by atoms with Gasteiger partial charge in [0.1, 0.15) is 6.10 Å². The van der Waals surface area contributed by atoms with E-state index in [0.717, 1.165) is 74.0 Å². The molecule has 0 aromatic heterocycles. The largest absolute Gasteiger partial charge is 0.462 e. The van der Waals surface area contributed by atoms with Crippen LogP contribution in [0, 0.1) is 46.3 Å². The second-order valence-corrected chi connectivity index (χ2v) is 18.8. The molecule has 3 unspecified atom stereocenters. The molecule has 4 aliphatic carbocycles. The van der Waals surface area contributed by atoms with Crippen LogP contribution in [-0.2, 0) is 16.0 Å². The van der Waals surface area contributed by atoms with Crippen molar-refractivity contribution in [2.45, 2.75) is 143 Å². The van der Waals surface area contributed by atoms with E-state index in [9.17, 15) is 4.79 Å².